The van der Waals surface area contributed by atoms with Crippen molar-refractivity contribution in [2.75, 3.05) is 0 Å². The molecule has 0 amide bonds. The monoisotopic (exact) mass is 634 g/mol. The number of ether oxygens (including phenoxy) is 2. The van der Waals surface area contributed by atoms with Crippen molar-refractivity contribution >= 4 is 59.4 Å². The van der Waals surface area contributed by atoms with Crippen LogP contribution in [0.1, 0.15) is 55.6 Å². The minimum absolute atomic E-state index is 0.0566. The van der Waals surface area contributed by atoms with E-state index in [2.05, 4.69) is 47.8 Å². The molecule has 170 valence electrons. The molecule has 33 heavy (non-hydrogen) atoms. The van der Waals surface area contributed by atoms with Crippen molar-refractivity contribution in [1.29, 1.82) is 0 Å². The van der Waals surface area contributed by atoms with Crippen LogP contribution < -0.4 is 4.74 Å². The van der Waals surface area contributed by atoms with Crippen molar-refractivity contribution in [3.63, 3.8) is 0 Å². The lowest BCUT2D eigenvalue weighted by Crippen LogP contribution is -2.30. The maximum Gasteiger partial charge on any atom is 0.163 e. The highest BCUT2D eigenvalue weighted by Gasteiger charge is 2.43. The number of hydrogen-bond donors (Lipinski definition) is 0. The molecule has 0 bridgehead atoms. The molecule has 1 heterocycles. The van der Waals surface area contributed by atoms with Crippen LogP contribution in [0.25, 0.3) is 0 Å². The van der Waals surface area contributed by atoms with Crippen LogP contribution in [0, 0.1) is 0 Å². The summed E-state index contributed by atoms with van der Waals surface area (Å²) in [5.41, 5.74) is 3.07. The number of carbonyl (C=O) groups is 2. The van der Waals surface area contributed by atoms with E-state index in [0.717, 1.165) is 48.9 Å². The van der Waals surface area contributed by atoms with E-state index in [0.29, 0.717) is 49.2 Å². The van der Waals surface area contributed by atoms with E-state index in [9.17, 15) is 9.59 Å². The summed E-state index contributed by atoms with van der Waals surface area (Å²) in [4.78, 5) is 26.3. The summed E-state index contributed by atoms with van der Waals surface area (Å²) in [5, 5.41) is 0. The Morgan fingerprint density at radius 1 is 0.818 bits per heavy atom. The molecule has 1 aliphatic heterocycles. The zero-order valence-corrected chi connectivity index (χ0v) is 22.5. The van der Waals surface area contributed by atoms with Gasteiger partial charge in [-0.2, -0.15) is 0 Å². The maximum absolute atomic E-state index is 13.1. The average Bonchev–Trinajstić information content (AvgIpc) is 2.78. The fraction of sp³-hybridized carbons (Fsp3) is 0.308. The lowest BCUT2D eigenvalue weighted by Gasteiger charge is -2.36. The first-order chi connectivity index (χ1) is 15.9. The molecule has 5 rings (SSSR count). The van der Waals surface area contributed by atoms with Gasteiger partial charge in [0, 0.05) is 51.3 Å². The van der Waals surface area contributed by atoms with Gasteiger partial charge in [-0.05, 0) is 58.6 Å². The van der Waals surface area contributed by atoms with Gasteiger partial charge in [0.1, 0.15) is 23.9 Å². The maximum atomic E-state index is 13.1. The van der Waals surface area contributed by atoms with Gasteiger partial charge in [0.2, 0.25) is 0 Å². The Morgan fingerprint density at radius 3 is 2.03 bits per heavy atom. The minimum Gasteiger partial charge on any atom is -0.487 e. The summed E-state index contributed by atoms with van der Waals surface area (Å²) in [6.07, 6.45) is 3.92. The Balaban J connectivity index is 1.63. The first kappa shape index (κ1) is 23.1. The van der Waals surface area contributed by atoms with Gasteiger partial charge in [-0.15, -0.1) is 0 Å². The quantitative estimate of drug-likeness (QED) is 0.346. The summed E-state index contributed by atoms with van der Waals surface area (Å²) in [6.45, 7) is 0.365. The van der Waals surface area contributed by atoms with Gasteiger partial charge in [-0.25, -0.2) is 0 Å². The predicted octanol–water partition coefficient (Wildman–Crippen LogP) is 7.68. The minimum atomic E-state index is -0.474. The van der Waals surface area contributed by atoms with Gasteiger partial charge in [0.15, 0.2) is 11.6 Å². The Kier molecular flexibility index (Phi) is 6.65. The van der Waals surface area contributed by atoms with Crippen molar-refractivity contribution in [3.8, 4) is 5.75 Å². The van der Waals surface area contributed by atoms with Gasteiger partial charge in [0.05, 0.1) is 10.4 Å². The number of ketones is 2. The molecule has 0 saturated heterocycles. The predicted molar refractivity (Wildman–Crippen MR) is 136 cm³/mol. The Hall–Kier alpha value is -1.70. The van der Waals surface area contributed by atoms with Crippen LogP contribution in [0.2, 0.25) is 0 Å². The third-order valence-electron chi connectivity index (χ3n) is 6.29. The highest BCUT2D eigenvalue weighted by Crippen LogP contribution is 2.51. The zero-order chi connectivity index (χ0) is 23.1. The molecule has 0 N–H and O–H groups in total. The summed E-state index contributed by atoms with van der Waals surface area (Å²) in [6, 6.07) is 11.9. The third-order valence-corrected chi connectivity index (χ3v) is 7.86. The number of Topliss-reactive ketones (excluding diaryl/α,β-unsaturated/α-hetero) is 2. The fourth-order valence-corrected chi connectivity index (χ4v) is 6.45. The van der Waals surface area contributed by atoms with Crippen LogP contribution in [-0.2, 0) is 20.9 Å². The summed E-state index contributed by atoms with van der Waals surface area (Å²) >= 11 is 10.7. The second-order valence-electron chi connectivity index (χ2n) is 8.48. The third kappa shape index (κ3) is 4.52. The van der Waals surface area contributed by atoms with Crippen molar-refractivity contribution < 1.29 is 19.1 Å². The van der Waals surface area contributed by atoms with Crippen molar-refractivity contribution in [3.05, 3.63) is 83.6 Å². The molecule has 0 unspecified atom stereocenters. The normalized spacial score (nSPS) is 18.8. The topological polar surface area (TPSA) is 52.6 Å². The van der Waals surface area contributed by atoms with Crippen LogP contribution in [0.15, 0.2) is 72.5 Å². The van der Waals surface area contributed by atoms with Gasteiger partial charge in [-0.3, -0.25) is 9.59 Å². The second kappa shape index (κ2) is 9.51. The van der Waals surface area contributed by atoms with Crippen molar-refractivity contribution in [2.24, 2.45) is 0 Å². The molecule has 0 atom stereocenters. The van der Waals surface area contributed by atoms with E-state index < -0.39 is 5.92 Å². The zero-order valence-electron chi connectivity index (χ0n) is 17.8. The van der Waals surface area contributed by atoms with Crippen molar-refractivity contribution in [2.45, 2.75) is 51.0 Å². The van der Waals surface area contributed by atoms with Crippen molar-refractivity contribution in [1.82, 2.24) is 0 Å². The molecule has 0 saturated carbocycles. The Bertz CT molecular complexity index is 1170. The first-order valence-corrected chi connectivity index (χ1v) is 13.4. The van der Waals surface area contributed by atoms with Crippen LogP contribution >= 0.6 is 47.8 Å². The smallest absolute Gasteiger partial charge is 0.163 e. The molecule has 7 heteroatoms. The molecule has 2 aliphatic carbocycles. The Labute approximate surface area is 217 Å². The van der Waals surface area contributed by atoms with Gasteiger partial charge in [-0.1, -0.05) is 44.0 Å². The first-order valence-electron chi connectivity index (χ1n) is 11.0. The number of rotatable bonds is 4. The molecular formula is C26H21Br3O4. The van der Waals surface area contributed by atoms with E-state index in [4.69, 9.17) is 9.47 Å². The number of allylic oxidation sites excluding steroid dienone is 4. The number of hydrogen-bond acceptors (Lipinski definition) is 4. The van der Waals surface area contributed by atoms with E-state index in [1.165, 1.54) is 0 Å². The molecule has 0 aromatic heterocycles. The fourth-order valence-electron chi connectivity index (χ4n) is 4.81. The van der Waals surface area contributed by atoms with Crippen LogP contribution in [0.5, 0.6) is 5.75 Å². The van der Waals surface area contributed by atoms with Gasteiger partial charge in [0.25, 0.3) is 0 Å². The lowest BCUT2D eigenvalue weighted by molar-refractivity contribution is -0.117. The molecule has 2 aromatic carbocycles. The number of halogens is 3. The molecule has 3 aliphatic rings. The molecular weight excluding hydrogens is 616 g/mol. The molecule has 0 radical (unpaired) electrons. The summed E-state index contributed by atoms with van der Waals surface area (Å²) in [7, 11) is 0. The van der Waals surface area contributed by atoms with Gasteiger partial charge < -0.3 is 9.47 Å². The van der Waals surface area contributed by atoms with E-state index in [1.807, 2.05) is 36.4 Å². The van der Waals surface area contributed by atoms with Crippen LogP contribution in [-0.4, -0.2) is 11.6 Å². The molecule has 4 nitrogen and oxygen atoms in total. The summed E-state index contributed by atoms with van der Waals surface area (Å²) < 4.78 is 15.1. The van der Waals surface area contributed by atoms with Crippen LogP contribution in [0.3, 0.4) is 0 Å². The van der Waals surface area contributed by atoms with E-state index >= 15 is 0 Å². The second-order valence-corrected chi connectivity index (χ2v) is 11.2. The highest BCUT2D eigenvalue weighted by atomic mass is 79.9. The lowest BCUT2D eigenvalue weighted by atomic mass is 9.73. The van der Waals surface area contributed by atoms with Crippen LogP contribution in [0.4, 0.5) is 0 Å². The highest BCUT2D eigenvalue weighted by molar-refractivity contribution is 9.11. The van der Waals surface area contributed by atoms with E-state index in [-0.39, 0.29) is 11.6 Å². The average molecular weight is 637 g/mol. The Morgan fingerprint density at radius 2 is 1.42 bits per heavy atom. The molecule has 0 fully saturated rings. The summed E-state index contributed by atoms with van der Waals surface area (Å²) in [5.74, 6) is 1.73. The molecule has 0 spiro atoms. The molecule has 2 aromatic rings. The van der Waals surface area contributed by atoms with Gasteiger partial charge >= 0.3 is 0 Å². The number of carbonyl (C=O) groups excluding carboxylic acids is 2. The van der Waals surface area contributed by atoms with E-state index in [1.54, 1.807) is 0 Å². The standard InChI is InChI=1S/C26H21Br3O4/c27-15-9-7-14(8-10-15)13-32-26-17(11-16(28)12-18(26)29)23-24-19(30)3-1-5-21(24)33-22-6-2-4-20(31)25(22)23/h7-12,23H,1-6,13H2. The number of benzene rings is 2. The SMILES string of the molecule is O=C1CCCC2=C1C(c1cc(Br)cc(Br)c1OCc1ccc(Br)cc1)C1=C(CCCC1=O)O2. The largest absolute Gasteiger partial charge is 0.487 e.